The van der Waals surface area contributed by atoms with Gasteiger partial charge in [0.25, 0.3) is 0 Å². The lowest BCUT2D eigenvalue weighted by atomic mass is 10.0. The van der Waals surface area contributed by atoms with Crippen LogP contribution in [0.15, 0.2) is 30.5 Å². The number of amides is 1. The first-order chi connectivity index (χ1) is 8.63. The molecule has 1 aromatic heterocycles. The van der Waals surface area contributed by atoms with Crippen LogP contribution in [0.4, 0.5) is 4.79 Å². The second-order valence-corrected chi connectivity index (χ2v) is 3.95. The largest absolute Gasteiger partial charge is 0.438 e. The van der Waals surface area contributed by atoms with Crippen molar-refractivity contribution < 1.29 is 14.3 Å². The van der Waals surface area contributed by atoms with Crippen molar-refractivity contribution in [3.63, 3.8) is 0 Å². The highest BCUT2D eigenvalue weighted by Gasteiger charge is 2.23. The van der Waals surface area contributed by atoms with E-state index in [2.05, 4.69) is 4.98 Å². The van der Waals surface area contributed by atoms with Crippen LogP contribution in [-0.4, -0.2) is 23.0 Å². The Morgan fingerprint density at radius 2 is 2.11 bits per heavy atom. The van der Waals surface area contributed by atoms with Crippen LogP contribution >= 0.6 is 0 Å². The Bertz CT molecular complexity index is 589. The highest BCUT2D eigenvalue weighted by atomic mass is 16.6. The fourth-order valence-electron chi connectivity index (χ4n) is 1.91. The van der Waals surface area contributed by atoms with Gasteiger partial charge in [0.2, 0.25) is 5.78 Å². The summed E-state index contributed by atoms with van der Waals surface area (Å²) in [6.07, 6.45) is 0.248. The van der Waals surface area contributed by atoms with Gasteiger partial charge in [-0.15, -0.1) is 0 Å². The molecule has 5 heteroatoms. The van der Waals surface area contributed by atoms with Crippen LogP contribution in [0.1, 0.15) is 23.7 Å². The van der Waals surface area contributed by atoms with E-state index in [1.54, 1.807) is 13.1 Å². The van der Waals surface area contributed by atoms with Gasteiger partial charge < -0.3 is 15.5 Å². The zero-order valence-corrected chi connectivity index (χ0v) is 9.97. The molecule has 2 rings (SSSR count). The van der Waals surface area contributed by atoms with Crippen molar-refractivity contribution in [2.75, 3.05) is 0 Å². The predicted molar refractivity (Wildman–Crippen MR) is 67.4 cm³/mol. The second kappa shape index (κ2) is 4.91. The number of benzene rings is 1. The quantitative estimate of drug-likeness (QED) is 0.811. The number of aromatic amines is 1. The van der Waals surface area contributed by atoms with Gasteiger partial charge in [-0.25, -0.2) is 4.79 Å². The molecule has 0 saturated carbocycles. The van der Waals surface area contributed by atoms with E-state index in [9.17, 15) is 9.59 Å². The zero-order chi connectivity index (χ0) is 13.1. The summed E-state index contributed by atoms with van der Waals surface area (Å²) in [7, 11) is 0. The molecule has 1 unspecified atom stereocenters. The Hall–Kier alpha value is -2.30. The zero-order valence-electron chi connectivity index (χ0n) is 9.97. The van der Waals surface area contributed by atoms with Crippen molar-refractivity contribution in [1.82, 2.24) is 4.98 Å². The number of primary amides is 1. The number of ketones is 1. The number of aromatic nitrogens is 1. The summed E-state index contributed by atoms with van der Waals surface area (Å²) in [5.74, 6) is -0.242. The number of hydrogen-bond acceptors (Lipinski definition) is 3. The Morgan fingerprint density at radius 1 is 1.39 bits per heavy atom. The van der Waals surface area contributed by atoms with E-state index in [1.807, 2.05) is 24.3 Å². The lowest BCUT2D eigenvalue weighted by molar-refractivity contribution is 0.0648. The molecular weight excluding hydrogens is 232 g/mol. The fraction of sp³-hybridized carbons (Fsp3) is 0.231. The van der Waals surface area contributed by atoms with Gasteiger partial charge in [0.15, 0.2) is 6.10 Å². The number of carbonyl (C=O) groups is 2. The third-order valence-corrected chi connectivity index (χ3v) is 2.78. The molecule has 0 spiro atoms. The summed E-state index contributed by atoms with van der Waals surface area (Å²) in [5.41, 5.74) is 6.33. The molecule has 3 N–H and O–H groups in total. The molecular formula is C13H14N2O3. The number of nitrogens with two attached hydrogens (primary N) is 1. The van der Waals surface area contributed by atoms with Crippen LogP contribution in [-0.2, 0) is 4.74 Å². The fourth-order valence-corrected chi connectivity index (χ4v) is 1.91. The van der Waals surface area contributed by atoms with Crippen LogP contribution in [0.5, 0.6) is 0 Å². The molecule has 18 heavy (non-hydrogen) atoms. The molecule has 1 aromatic carbocycles. The number of rotatable bonds is 4. The van der Waals surface area contributed by atoms with E-state index < -0.39 is 12.2 Å². The van der Waals surface area contributed by atoms with Crippen molar-refractivity contribution in [2.45, 2.75) is 19.4 Å². The molecule has 1 heterocycles. The summed E-state index contributed by atoms with van der Waals surface area (Å²) in [5, 5.41) is 0.814. The number of nitrogens with one attached hydrogen (secondary N) is 1. The highest BCUT2D eigenvalue weighted by Crippen LogP contribution is 2.20. The van der Waals surface area contributed by atoms with E-state index in [-0.39, 0.29) is 5.78 Å². The minimum Gasteiger partial charge on any atom is -0.438 e. The number of ether oxygens (including phenoxy) is 1. The summed E-state index contributed by atoms with van der Waals surface area (Å²) < 4.78 is 4.81. The second-order valence-electron chi connectivity index (χ2n) is 3.95. The van der Waals surface area contributed by atoms with Crippen molar-refractivity contribution in [2.24, 2.45) is 5.73 Å². The van der Waals surface area contributed by atoms with Gasteiger partial charge in [-0.05, 0) is 12.5 Å². The molecule has 0 aliphatic carbocycles. The van der Waals surface area contributed by atoms with Gasteiger partial charge in [0.1, 0.15) is 0 Å². The van der Waals surface area contributed by atoms with Gasteiger partial charge >= 0.3 is 6.09 Å². The maximum Gasteiger partial charge on any atom is 0.405 e. The number of para-hydroxylation sites is 1. The predicted octanol–water partition coefficient (Wildman–Crippen LogP) is 2.22. The molecule has 0 saturated heterocycles. The Labute approximate surface area is 104 Å². The minimum absolute atomic E-state index is 0.242. The van der Waals surface area contributed by atoms with E-state index in [0.717, 1.165) is 10.9 Å². The van der Waals surface area contributed by atoms with Gasteiger partial charge in [-0.1, -0.05) is 25.1 Å². The average molecular weight is 246 g/mol. The number of carbonyl (C=O) groups excluding carboxylic acids is 2. The third kappa shape index (κ3) is 2.20. The van der Waals surface area contributed by atoms with Crippen molar-refractivity contribution >= 4 is 22.8 Å². The molecule has 2 aromatic rings. The van der Waals surface area contributed by atoms with E-state index in [0.29, 0.717) is 12.0 Å². The molecule has 94 valence electrons. The molecule has 0 radical (unpaired) electrons. The summed E-state index contributed by atoms with van der Waals surface area (Å²) in [6, 6.07) is 7.45. The molecule has 0 aliphatic rings. The average Bonchev–Trinajstić information content (AvgIpc) is 2.78. The molecule has 0 fully saturated rings. The van der Waals surface area contributed by atoms with Crippen LogP contribution in [0.2, 0.25) is 0 Å². The third-order valence-electron chi connectivity index (χ3n) is 2.78. The summed E-state index contributed by atoms with van der Waals surface area (Å²) in [4.78, 5) is 26.0. The molecule has 5 nitrogen and oxygen atoms in total. The number of hydrogen-bond donors (Lipinski definition) is 2. The van der Waals surface area contributed by atoms with Gasteiger partial charge in [-0.3, -0.25) is 4.79 Å². The van der Waals surface area contributed by atoms with Gasteiger partial charge in [-0.2, -0.15) is 0 Å². The van der Waals surface area contributed by atoms with Crippen molar-refractivity contribution in [1.29, 1.82) is 0 Å². The van der Waals surface area contributed by atoms with Crippen molar-refractivity contribution in [3.05, 3.63) is 36.0 Å². The first-order valence-electron chi connectivity index (χ1n) is 5.70. The molecule has 1 atom stereocenters. The molecule has 1 amide bonds. The van der Waals surface area contributed by atoms with Crippen LogP contribution < -0.4 is 5.73 Å². The lowest BCUT2D eigenvalue weighted by Gasteiger charge is -2.12. The van der Waals surface area contributed by atoms with E-state index >= 15 is 0 Å². The minimum atomic E-state index is -0.935. The lowest BCUT2D eigenvalue weighted by Crippen LogP contribution is -2.29. The Kier molecular flexibility index (Phi) is 3.32. The monoisotopic (exact) mass is 246 g/mol. The first kappa shape index (κ1) is 12.2. The maximum atomic E-state index is 12.2. The summed E-state index contributed by atoms with van der Waals surface area (Å²) >= 11 is 0. The van der Waals surface area contributed by atoms with Gasteiger partial charge in [0, 0.05) is 22.7 Å². The number of fused-ring (bicyclic) bond motifs is 1. The van der Waals surface area contributed by atoms with E-state index in [1.165, 1.54) is 0 Å². The van der Waals surface area contributed by atoms with Crippen LogP contribution in [0.25, 0.3) is 10.9 Å². The highest BCUT2D eigenvalue weighted by molar-refractivity contribution is 6.10. The number of H-pyrrole nitrogens is 1. The maximum absolute atomic E-state index is 12.2. The van der Waals surface area contributed by atoms with Gasteiger partial charge in [0.05, 0.1) is 0 Å². The van der Waals surface area contributed by atoms with Crippen LogP contribution in [0, 0.1) is 0 Å². The topological polar surface area (TPSA) is 85.2 Å². The van der Waals surface area contributed by atoms with Crippen molar-refractivity contribution in [3.8, 4) is 0 Å². The van der Waals surface area contributed by atoms with Crippen LogP contribution in [0.3, 0.4) is 0 Å². The summed E-state index contributed by atoms with van der Waals surface area (Å²) in [6.45, 7) is 1.76. The first-order valence-corrected chi connectivity index (χ1v) is 5.70. The number of Topliss-reactive ketones (excluding diaryl/α,β-unsaturated/α-hetero) is 1. The molecule has 0 aliphatic heterocycles. The van der Waals surface area contributed by atoms with E-state index in [4.69, 9.17) is 10.5 Å². The smallest absolute Gasteiger partial charge is 0.405 e. The SMILES string of the molecule is CCC(OC(N)=O)C(=O)c1c[nH]c2ccccc12. The normalized spacial score (nSPS) is 12.3. The molecule has 0 bridgehead atoms. The standard InChI is InChI=1S/C13H14N2O3/c1-2-11(18-13(14)17)12(16)9-7-15-10-6-4-3-5-8(9)10/h3-7,11,15H,2H2,1H3,(H2,14,17). The Balaban J connectivity index is 2.35. The Morgan fingerprint density at radius 3 is 2.78 bits per heavy atom.